The third-order valence-electron chi connectivity index (χ3n) is 2.42. The average molecular weight is 252 g/mol. The van der Waals surface area contributed by atoms with Gasteiger partial charge >= 0.3 is 5.97 Å². The number of H-pyrrole nitrogens is 1. The van der Waals surface area contributed by atoms with E-state index < -0.39 is 11.9 Å². The first-order valence-electron chi connectivity index (χ1n) is 5.42. The fourth-order valence-corrected chi connectivity index (χ4v) is 1.38. The minimum absolute atomic E-state index is 0.193. The molecule has 0 bridgehead atoms. The Hall–Kier alpha value is -2.38. The molecule has 0 aliphatic heterocycles. The molecule has 0 unspecified atom stereocenters. The highest BCUT2D eigenvalue weighted by atomic mass is 16.4. The highest BCUT2D eigenvalue weighted by Gasteiger charge is 2.24. The van der Waals surface area contributed by atoms with E-state index >= 15 is 0 Å². The summed E-state index contributed by atoms with van der Waals surface area (Å²) in [5, 5.41) is 13.8. The van der Waals surface area contributed by atoms with E-state index in [0.717, 1.165) is 19.2 Å². The third kappa shape index (κ3) is 2.84. The van der Waals surface area contributed by atoms with Crippen molar-refractivity contribution in [3.63, 3.8) is 0 Å². The zero-order valence-corrected chi connectivity index (χ0v) is 9.40. The topological polar surface area (TPSA) is 124 Å². The lowest BCUT2D eigenvalue weighted by atomic mass is 10.3. The molecule has 1 aromatic heterocycles. The summed E-state index contributed by atoms with van der Waals surface area (Å²) >= 11 is 0. The molecule has 4 N–H and O–H groups in total. The van der Waals surface area contributed by atoms with Crippen LogP contribution in [0.2, 0.25) is 0 Å². The Morgan fingerprint density at radius 1 is 1.44 bits per heavy atom. The monoisotopic (exact) mass is 252 g/mol. The Morgan fingerprint density at radius 2 is 2.17 bits per heavy atom. The van der Waals surface area contributed by atoms with Gasteiger partial charge in [-0.1, -0.05) is 0 Å². The smallest absolute Gasteiger partial charge is 0.354 e. The number of hydrogen-bond donors (Lipinski definition) is 4. The first kappa shape index (κ1) is 12.1. The molecular weight excluding hydrogens is 240 g/mol. The summed E-state index contributed by atoms with van der Waals surface area (Å²) in [6.07, 6.45) is 3.03. The second kappa shape index (κ2) is 4.86. The maximum atomic E-state index is 11.6. The number of aromatic carboxylic acids is 1. The van der Waals surface area contributed by atoms with Gasteiger partial charge in [0.25, 0.3) is 5.91 Å². The number of carbonyl (C=O) groups is 3. The van der Waals surface area contributed by atoms with Gasteiger partial charge in [0.15, 0.2) is 11.4 Å². The molecule has 0 radical (unpaired) electrons. The number of aromatic amines is 1. The van der Waals surface area contributed by atoms with Crippen LogP contribution in [-0.2, 0) is 4.79 Å². The standard InChI is InChI=1S/C10H12N4O4/c15-6(14-5-1-2-5)3-11-9(16)7-8(10(17)18)13-4-12-7/h4-5H,1-3H2,(H,11,16)(H,12,13)(H,14,15)(H,17,18). The van der Waals surface area contributed by atoms with Crippen LogP contribution >= 0.6 is 0 Å². The number of amides is 2. The molecule has 8 nitrogen and oxygen atoms in total. The SMILES string of the molecule is O=C(CNC(=O)c1nc[nH]c1C(=O)O)NC1CC1. The summed E-state index contributed by atoms with van der Waals surface area (Å²) < 4.78 is 0. The lowest BCUT2D eigenvalue weighted by Crippen LogP contribution is -2.38. The third-order valence-corrected chi connectivity index (χ3v) is 2.42. The molecule has 96 valence electrons. The molecule has 1 aliphatic rings. The van der Waals surface area contributed by atoms with Gasteiger partial charge < -0.3 is 20.7 Å². The van der Waals surface area contributed by atoms with Crippen molar-refractivity contribution in [1.82, 2.24) is 20.6 Å². The van der Waals surface area contributed by atoms with Gasteiger partial charge in [0.2, 0.25) is 5.91 Å². The van der Waals surface area contributed by atoms with Crippen LogP contribution in [0, 0.1) is 0 Å². The van der Waals surface area contributed by atoms with E-state index in [1.54, 1.807) is 0 Å². The van der Waals surface area contributed by atoms with Gasteiger partial charge in [0.05, 0.1) is 12.9 Å². The van der Waals surface area contributed by atoms with Gasteiger partial charge in [-0.2, -0.15) is 0 Å². The van der Waals surface area contributed by atoms with E-state index in [-0.39, 0.29) is 29.9 Å². The highest BCUT2D eigenvalue weighted by Crippen LogP contribution is 2.18. The number of hydrogen-bond acceptors (Lipinski definition) is 4. The molecule has 0 spiro atoms. The van der Waals surface area contributed by atoms with Crippen molar-refractivity contribution in [1.29, 1.82) is 0 Å². The van der Waals surface area contributed by atoms with E-state index in [1.165, 1.54) is 0 Å². The fourth-order valence-electron chi connectivity index (χ4n) is 1.38. The molecule has 2 rings (SSSR count). The van der Waals surface area contributed by atoms with Crippen molar-refractivity contribution in [2.45, 2.75) is 18.9 Å². The molecule has 8 heteroatoms. The van der Waals surface area contributed by atoms with Crippen LogP contribution in [-0.4, -0.2) is 45.4 Å². The number of rotatable bonds is 5. The molecule has 1 fully saturated rings. The Balaban J connectivity index is 1.88. The molecule has 1 saturated carbocycles. The summed E-state index contributed by atoms with van der Waals surface area (Å²) in [5.41, 5.74) is -0.531. The van der Waals surface area contributed by atoms with Gasteiger partial charge in [-0.05, 0) is 12.8 Å². The maximum absolute atomic E-state index is 11.6. The van der Waals surface area contributed by atoms with Crippen LogP contribution in [0.3, 0.4) is 0 Å². The van der Waals surface area contributed by atoms with Crippen LogP contribution in [0.15, 0.2) is 6.33 Å². The van der Waals surface area contributed by atoms with Gasteiger partial charge in [-0.25, -0.2) is 9.78 Å². The summed E-state index contributed by atoms with van der Waals surface area (Å²) in [6, 6.07) is 0.217. The van der Waals surface area contributed by atoms with Crippen LogP contribution in [0.1, 0.15) is 33.8 Å². The van der Waals surface area contributed by atoms with Crippen molar-refractivity contribution < 1.29 is 19.5 Å². The van der Waals surface area contributed by atoms with Gasteiger partial charge in [-0.15, -0.1) is 0 Å². The van der Waals surface area contributed by atoms with Crippen LogP contribution < -0.4 is 10.6 Å². The average Bonchev–Trinajstić information content (AvgIpc) is 2.98. The minimum Gasteiger partial charge on any atom is -0.477 e. The predicted molar refractivity (Wildman–Crippen MR) is 59.0 cm³/mol. The van der Waals surface area contributed by atoms with Crippen molar-refractivity contribution in [2.24, 2.45) is 0 Å². The zero-order chi connectivity index (χ0) is 13.1. The first-order chi connectivity index (χ1) is 8.58. The zero-order valence-electron chi connectivity index (χ0n) is 9.40. The number of carbonyl (C=O) groups excluding carboxylic acids is 2. The molecule has 0 saturated heterocycles. The van der Waals surface area contributed by atoms with Gasteiger partial charge in [0, 0.05) is 6.04 Å². The van der Waals surface area contributed by atoms with Crippen LogP contribution in [0.5, 0.6) is 0 Å². The van der Waals surface area contributed by atoms with Crippen molar-refractivity contribution >= 4 is 17.8 Å². The lowest BCUT2D eigenvalue weighted by Gasteiger charge is -2.04. The number of carboxylic acids is 1. The molecule has 1 aliphatic carbocycles. The van der Waals surface area contributed by atoms with Crippen LogP contribution in [0.4, 0.5) is 0 Å². The highest BCUT2D eigenvalue weighted by molar-refractivity contribution is 6.03. The van der Waals surface area contributed by atoms with Crippen molar-refractivity contribution in [3.8, 4) is 0 Å². The number of aromatic nitrogens is 2. The summed E-state index contributed by atoms with van der Waals surface area (Å²) in [6.45, 7) is -0.193. The predicted octanol–water partition coefficient (Wildman–Crippen LogP) is -0.884. The Kier molecular flexibility index (Phi) is 3.26. The Morgan fingerprint density at radius 3 is 2.78 bits per heavy atom. The molecule has 2 amide bonds. The van der Waals surface area contributed by atoms with Gasteiger partial charge in [-0.3, -0.25) is 9.59 Å². The van der Waals surface area contributed by atoms with E-state index in [4.69, 9.17) is 5.11 Å². The molecule has 0 aromatic carbocycles. The summed E-state index contributed by atoms with van der Waals surface area (Å²) in [5.74, 6) is -2.27. The van der Waals surface area contributed by atoms with Crippen molar-refractivity contribution in [2.75, 3.05) is 6.54 Å². The van der Waals surface area contributed by atoms with Gasteiger partial charge in [0.1, 0.15) is 0 Å². The molecule has 1 heterocycles. The Labute approximate surface area is 102 Å². The second-order valence-electron chi connectivity index (χ2n) is 3.96. The van der Waals surface area contributed by atoms with E-state index in [9.17, 15) is 14.4 Å². The molecule has 1 aromatic rings. The number of nitrogens with zero attached hydrogens (tertiary/aromatic N) is 1. The largest absolute Gasteiger partial charge is 0.477 e. The van der Waals surface area contributed by atoms with E-state index in [2.05, 4.69) is 20.6 Å². The normalized spacial score (nSPS) is 14.0. The molecule has 0 atom stereocenters. The van der Waals surface area contributed by atoms with Crippen molar-refractivity contribution in [3.05, 3.63) is 17.7 Å². The second-order valence-corrected chi connectivity index (χ2v) is 3.96. The number of carboxylic acid groups (broad SMARTS) is 1. The maximum Gasteiger partial charge on any atom is 0.354 e. The number of imidazole rings is 1. The molecule has 18 heavy (non-hydrogen) atoms. The summed E-state index contributed by atoms with van der Waals surface area (Å²) in [7, 11) is 0. The quantitative estimate of drug-likeness (QED) is 0.541. The Bertz CT molecular complexity index is 492. The first-order valence-corrected chi connectivity index (χ1v) is 5.42. The van der Waals surface area contributed by atoms with E-state index in [1.807, 2.05) is 0 Å². The fraction of sp³-hybridized carbons (Fsp3) is 0.400. The van der Waals surface area contributed by atoms with Crippen LogP contribution in [0.25, 0.3) is 0 Å². The molecular formula is C10H12N4O4. The summed E-state index contributed by atoms with van der Waals surface area (Å²) in [4.78, 5) is 39.6. The minimum atomic E-state index is -1.28. The lowest BCUT2D eigenvalue weighted by molar-refractivity contribution is -0.120. The number of nitrogens with one attached hydrogen (secondary N) is 3. The van der Waals surface area contributed by atoms with E-state index in [0.29, 0.717) is 0 Å².